The molecule has 3 heterocycles. The van der Waals surface area contributed by atoms with Gasteiger partial charge in [-0.3, -0.25) is 5.10 Å². The number of carboxylic acids is 1. The maximum atomic E-state index is 14.3. The number of nitrogens with zero attached hydrogens (tertiary/aromatic N) is 3. The molecule has 2 aromatic rings. The smallest absolute Gasteiger partial charge is 0.335 e. The van der Waals surface area contributed by atoms with Gasteiger partial charge in [-0.15, -0.1) is 0 Å². The lowest BCUT2D eigenvalue weighted by atomic mass is 9.86. The van der Waals surface area contributed by atoms with Gasteiger partial charge in [0, 0.05) is 31.6 Å². The number of carbonyl (C=O) groups is 1. The van der Waals surface area contributed by atoms with Crippen molar-refractivity contribution >= 4 is 17.3 Å². The largest absolute Gasteiger partial charge is 0.478 e. The third kappa shape index (κ3) is 2.71. The van der Waals surface area contributed by atoms with E-state index in [4.69, 9.17) is 0 Å². The van der Waals surface area contributed by atoms with E-state index in [1.165, 1.54) is 23.9 Å². The molecule has 0 radical (unpaired) electrons. The van der Waals surface area contributed by atoms with Gasteiger partial charge in [-0.2, -0.15) is 5.10 Å². The molecule has 0 aliphatic carbocycles. The second-order valence-corrected chi connectivity index (χ2v) is 7.60. The van der Waals surface area contributed by atoms with Crippen molar-refractivity contribution < 1.29 is 14.3 Å². The minimum Gasteiger partial charge on any atom is -0.478 e. The molecule has 138 valence electrons. The lowest BCUT2D eigenvalue weighted by Crippen LogP contribution is -2.31. The summed E-state index contributed by atoms with van der Waals surface area (Å²) in [6.07, 6.45) is 2.03. The molecule has 2 aliphatic rings. The van der Waals surface area contributed by atoms with E-state index < -0.39 is 5.97 Å². The van der Waals surface area contributed by atoms with Gasteiger partial charge in [0.2, 0.25) is 0 Å². The number of H-pyrrole nitrogens is 1. The Balaban J connectivity index is 1.54. The number of benzene rings is 1. The molecule has 1 spiro atoms. The molecule has 2 N–H and O–H groups in total. The quantitative estimate of drug-likeness (QED) is 0.883. The third-order valence-corrected chi connectivity index (χ3v) is 5.82. The number of aromatic nitrogens is 2. The van der Waals surface area contributed by atoms with Gasteiger partial charge in [-0.1, -0.05) is 0 Å². The normalized spacial score (nSPS) is 22.6. The number of carboxylic acid groups (broad SMARTS) is 1. The zero-order chi connectivity index (χ0) is 18.5. The number of aromatic amines is 1. The Bertz CT molecular complexity index is 846. The minimum absolute atomic E-state index is 0.113. The van der Waals surface area contributed by atoms with E-state index in [0.717, 1.165) is 50.4 Å². The first-order chi connectivity index (χ1) is 12.4. The van der Waals surface area contributed by atoms with Crippen LogP contribution < -0.4 is 9.80 Å². The summed E-state index contributed by atoms with van der Waals surface area (Å²) in [5, 5.41) is 16.5. The van der Waals surface area contributed by atoms with Crippen LogP contribution in [0.2, 0.25) is 0 Å². The Kier molecular flexibility index (Phi) is 3.89. The fourth-order valence-corrected chi connectivity index (χ4v) is 4.50. The van der Waals surface area contributed by atoms with Crippen molar-refractivity contribution in [1.82, 2.24) is 10.2 Å². The topological polar surface area (TPSA) is 72.5 Å². The second kappa shape index (κ2) is 6.00. The summed E-state index contributed by atoms with van der Waals surface area (Å²) in [5.74, 6) is -1.39. The summed E-state index contributed by atoms with van der Waals surface area (Å²) in [7, 11) is 0. The van der Waals surface area contributed by atoms with Crippen LogP contribution in [-0.2, 0) is 0 Å². The van der Waals surface area contributed by atoms with Crippen molar-refractivity contribution in [2.45, 2.75) is 26.7 Å². The maximum absolute atomic E-state index is 14.3. The van der Waals surface area contributed by atoms with E-state index in [0.29, 0.717) is 5.69 Å². The zero-order valence-electron chi connectivity index (χ0n) is 15.0. The van der Waals surface area contributed by atoms with Crippen LogP contribution in [0, 0.1) is 25.1 Å². The van der Waals surface area contributed by atoms with Crippen LogP contribution in [0.25, 0.3) is 0 Å². The van der Waals surface area contributed by atoms with Crippen molar-refractivity contribution in [3.8, 4) is 0 Å². The second-order valence-electron chi connectivity index (χ2n) is 7.60. The molecule has 26 heavy (non-hydrogen) atoms. The molecule has 7 heteroatoms. The number of aryl methyl sites for hydroxylation is 2. The van der Waals surface area contributed by atoms with Crippen LogP contribution in [0.3, 0.4) is 0 Å². The number of rotatable bonds is 3. The van der Waals surface area contributed by atoms with E-state index in [2.05, 4.69) is 15.1 Å². The molecule has 1 atom stereocenters. The average Bonchev–Trinajstić information content (AvgIpc) is 3.29. The number of hydrogen-bond acceptors (Lipinski definition) is 4. The van der Waals surface area contributed by atoms with E-state index >= 15 is 0 Å². The van der Waals surface area contributed by atoms with Crippen LogP contribution in [-0.4, -0.2) is 47.5 Å². The monoisotopic (exact) mass is 358 g/mol. The predicted octanol–water partition coefficient (Wildman–Crippen LogP) is 2.97. The fraction of sp³-hybridized carbons (Fsp3) is 0.474. The molecule has 1 aromatic heterocycles. The molecule has 1 unspecified atom stereocenters. The van der Waals surface area contributed by atoms with Crippen LogP contribution in [0.15, 0.2) is 18.2 Å². The van der Waals surface area contributed by atoms with Crippen molar-refractivity contribution in [1.29, 1.82) is 0 Å². The molecule has 2 aliphatic heterocycles. The molecule has 0 bridgehead atoms. The van der Waals surface area contributed by atoms with Crippen LogP contribution in [0.4, 0.5) is 15.8 Å². The number of aromatic carboxylic acids is 1. The van der Waals surface area contributed by atoms with Crippen molar-refractivity contribution in [2.24, 2.45) is 5.41 Å². The van der Waals surface area contributed by atoms with Gasteiger partial charge in [0.05, 0.1) is 28.3 Å². The van der Waals surface area contributed by atoms with Crippen molar-refractivity contribution in [2.75, 3.05) is 36.0 Å². The zero-order valence-corrected chi connectivity index (χ0v) is 15.0. The fourth-order valence-electron chi connectivity index (χ4n) is 4.50. The summed E-state index contributed by atoms with van der Waals surface area (Å²) in [6, 6.07) is 4.02. The van der Waals surface area contributed by atoms with Crippen LogP contribution in [0.1, 0.15) is 34.6 Å². The number of halogens is 1. The highest BCUT2D eigenvalue weighted by molar-refractivity contribution is 5.89. The minimum atomic E-state index is -1.03. The molecule has 6 nitrogen and oxygen atoms in total. The molecule has 1 aromatic carbocycles. The summed E-state index contributed by atoms with van der Waals surface area (Å²) in [6.45, 7) is 7.43. The van der Waals surface area contributed by atoms with E-state index in [-0.39, 0.29) is 16.8 Å². The van der Waals surface area contributed by atoms with E-state index in [1.54, 1.807) is 0 Å². The molecular weight excluding hydrogens is 335 g/mol. The predicted molar refractivity (Wildman–Crippen MR) is 97.5 cm³/mol. The highest BCUT2D eigenvalue weighted by Crippen LogP contribution is 2.43. The van der Waals surface area contributed by atoms with Gasteiger partial charge >= 0.3 is 5.97 Å². The molecule has 0 amide bonds. The van der Waals surface area contributed by atoms with E-state index in [9.17, 15) is 14.3 Å². The molecule has 4 rings (SSSR count). The maximum Gasteiger partial charge on any atom is 0.335 e. The van der Waals surface area contributed by atoms with Crippen molar-refractivity contribution in [3.63, 3.8) is 0 Å². The Morgan fingerprint density at radius 2 is 1.92 bits per heavy atom. The van der Waals surface area contributed by atoms with Gasteiger partial charge < -0.3 is 14.9 Å². The first-order valence-corrected chi connectivity index (χ1v) is 8.93. The van der Waals surface area contributed by atoms with Crippen LogP contribution in [0.5, 0.6) is 0 Å². The third-order valence-electron chi connectivity index (χ3n) is 5.82. The van der Waals surface area contributed by atoms with Gasteiger partial charge in [0.25, 0.3) is 0 Å². The van der Waals surface area contributed by atoms with Gasteiger partial charge in [0.1, 0.15) is 5.82 Å². The van der Waals surface area contributed by atoms with Crippen molar-refractivity contribution in [3.05, 3.63) is 41.0 Å². The molecule has 0 saturated carbocycles. The standard InChI is InChI=1S/C19H23FN4O2/c1-12-17(13(2)22-21-12)24-8-6-19(11-24)5-7-23(10-19)16-9-14(18(25)26)3-4-15(16)20/h3-4,9H,5-8,10-11H2,1-2H3,(H,21,22)(H,25,26). The summed E-state index contributed by atoms with van der Waals surface area (Å²) < 4.78 is 14.3. The Morgan fingerprint density at radius 3 is 2.58 bits per heavy atom. The molecular formula is C19H23FN4O2. The molecule has 2 fully saturated rings. The van der Waals surface area contributed by atoms with Crippen LogP contribution >= 0.6 is 0 Å². The highest BCUT2D eigenvalue weighted by Gasteiger charge is 2.44. The first-order valence-electron chi connectivity index (χ1n) is 8.93. The van der Waals surface area contributed by atoms with Gasteiger partial charge in [-0.05, 0) is 44.9 Å². The summed E-state index contributed by atoms with van der Waals surface area (Å²) in [4.78, 5) is 15.6. The number of nitrogens with one attached hydrogen (secondary N) is 1. The Hall–Kier alpha value is -2.57. The van der Waals surface area contributed by atoms with E-state index in [1.807, 2.05) is 18.7 Å². The highest BCUT2D eigenvalue weighted by atomic mass is 19.1. The lowest BCUT2D eigenvalue weighted by molar-refractivity contribution is 0.0697. The van der Waals surface area contributed by atoms with Gasteiger partial charge in [-0.25, -0.2) is 9.18 Å². The summed E-state index contributed by atoms with van der Waals surface area (Å²) >= 11 is 0. The Morgan fingerprint density at radius 1 is 1.23 bits per heavy atom. The SMILES string of the molecule is Cc1n[nH]c(C)c1N1CCC2(CCN(c3cc(C(=O)O)ccc3F)C2)C1. The Labute approximate surface area is 151 Å². The average molecular weight is 358 g/mol. The molecule has 2 saturated heterocycles. The van der Waals surface area contributed by atoms with Gasteiger partial charge in [0.15, 0.2) is 0 Å². The number of hydrogen-bond donors (Lipinski definition) is 2. The number of anilines is 2. The first kappa shape index (κ1) is 16.9. The lowest BCUT2D eigenvalue weighted by Gasteiger charge is -2.26. The summed E-state index contributed by atoms with van der Waals surface area (Å²) in [5.41, 5.74) is 3.90.